The van der Waals surface area contributed by atoms with E-state index in [9.17, 15) is 14.0 Å². The lowest BCUT2D eigenvalue weighted by molar-refractivity contribution is -0.143. The van der Waals surface area contributed by atoms with Crippen molar-refractivity contribution < 1.29 is 23.5 Å². The number of hydrogen-bond donors (Lipinski definition) is 1. The molecule has 2 aromatic carbocycles. The van der Waals surface area contributed by atoms with Crippen molar-refractivity contribution >= 4 is 11.8 Å². The molecule has 0 spiro atoms. The first-order valence-corrected chi connectivity index (χ1v) is 10.5. The maximum Gasteiger partial charge on any atom is 0.261 e. The van der Waals surface area contributed by atoms with E-state index in [1.165, 1.54) is 29.2 Å². The van der Waals surface area contributed by atoms with E-state index in [1.54, 1.807) is 7.11 Å². The zero-order valence-corrected chi connectivity index (χ0v) is 18.6. The number of methoxy groups -OCH3 is 1. The number of rotatable bonds is 11. The van der Waals surface area contributed by atoms with Crippen LogP contribution < -0.4 is 14.8 Å². The number of carbonyl (C=O) groups is 2. The SMILES string of the molecule is CCC(C)NC(=O)C(CC)N(Cc1cccc(OC)c1)C(=O)COc1ccc(F)cc1. The predicted octanol–water partition coefficient (Wildman–Crippen LogP) is 3.94. The van der Waals surface area contributed by atoms with Crippen molar-refractivity contribution in [3.63, 3.8) is 0 Å². The summed E-state index contributed by atoms with van der Waals surface area (Å²) >= 11 is 0. The monoisotopic (exact) mass is 430 g/mol. The minimum absolute atomic E-state index is 0.00536. The molecule has 6 nitrogen and oxygen atoms in total. The Morgan fingerprint density at radius 3 is 2.39 bits per heavy atom. The Kier molecular flexibility index (Phi) is 9.31. The highest BCUT2D eigenvalue weighted by Crippen LogP contribution is 2.18. The third-order valence-electron chi connectivity index (χ3n) is 5.05. The molecule has 2 amide bonds. The molecule has 1 N–H and O–H groups in total. The zero-order valence-electron chi connectivity index (χ0n) is 18.6. The molecule has 168 valence electrons. The molecule has 0 aromatic heterocycles. The highest BCUT2D eigenvalue weighted by molar-refractivity contribution is 5.88. The van der Waals surface area contributed by atoms with Crippen molar-refractivity contribution in [3.05, 3.63) is 59.9 Å². The van der Waals surface area contributed by atoms with Gasteiger partial charge in [0.1, 0.15) is 23.4 Å². The van der Waals surface area contributed by atoms with Gasteiger partial charge in [-0.3, -0.25) is 9.59 Å². The lowest BCUT2D eigenvalue weighted by atomic mass is 10.1. The second-order valence-corrected chi connectivity index (χ2v) is 7.36. The fourth-order valence-electron chi connectivity index (χ4n) is 3.09. The third kappa shape index (κ3) is 7.27. The minimum Gasteiger partial charge on any atom is -0.497 e. The molecule has 7 heteroatoms. The summed E-state index contributed by atoms with van der Waals surface area (Å²) in [6.07, 6.45) is 1.24. The summed E-state index contributed by atoms with van der Waals surface area (Å²) in [6, 6.07) is 12.2. The summed E-state index contributed by atoms with van der Waals surface area (Å²) in [7, 11) is 1.58. The first kappa shape index (κ1) is 24.2. The number of hydrogen-bond acceptors (Lipinski definition) is 4. The Labute approximate surface area is 183 Å². The van der Waals surface area contributed by atoms with Gasteiger partial charge in [0.05, 0.1) is 7.11 Å². The highest BCUT2D eigenvalue weighted by Gasteiger charge is 2.29. The van der Waals surface area contributed by atoms with Gasteiger partial charge >= 0.3 is 0 Å². The molecule has 2 aromatic rings. The van der Waals surface area contributed by atoms with Crippen LogP contribution in [0.3, 0.4) is 0 Å². The number of nitrogens with zero attached hydrogens (tertiary/aromatic N) is 1. The summed E-state index contributed by atoms with van der Waals surface area (Å²) in [5, 5.41) is 2.96. The second-order valence-electron chi connectivity index (χ2n) is 7.36. The molecular formula is C24H31FN2O4. The molecule has 2 rings (SSSR count). The summed E-state index contributed by atoms with van der Waals surface area (Å²) in [5.41, 5.74) is 0.837. The van der Waals surface area contributed by atoms with Crippen LogP contribution in [0.15, 0.2) is 48.5 Å². The standard InChI is InChI=1S/C24H31FN2O4/c1-5-17(3)26-24(29)22(6-2)27(15-18-8-7-9-21(14-18)30-4)23(28)16-31-20-12-10-19(25)11-13-20/h7-14,17,22H,5-6,15-16H2,1-4H3,(H,26,29). The first-order valence-electron chi connectivity index (χ1n) is 10.5. The van der Waals surface area contributed by atoms with Gasteiger partial charge in [-0.1, -0.05) is 26.0 Å². The molecule has 0 saturated carbocycles. The Balaban J connectivity index is 2.22. The van der Waals surface area contributed by atoms with E-state index >= 15 is 0 Å². The van der Waals surface area contributed by atoms with Crippen LogP contribution in [-0.4, -0.2) is 42.5 Å². The van der Waals surface area contributed by atoms with Crippen LogP contribution in [0, 0.1) is 5.82 Å². The fraction of sp³-hybridized carbons (Fsp3) is 0.417. The van der Waals surface area contributed by atoms with Crippen LogP contribution >= 0.6 is 0 Å². The number of benzene rings is 2. The van der Waals surface area contributed by atoms with Gasteiger partial charge in [0.2, 0.25) is 5.91 Å². The van der Waals surface area contributed by atoms with E-state index < -0.39 is 6.04 Å². The third-order valence-corrected chi connectivity index (χ3v) is 5.05. The Morgan fingerprint density at radius 2 is 1.77 bits per heavy atom. The van der Waals surface area contributed by atoms with Crippen LogP contribution in [-0.2, 0) is 16.1 Å². The molecule has 0 aliphatic carbocycles. The van der Waals surface area contributed by atoms with Gasteiger partial charge < -0.3 is 19.7 Å². The Morgan fingerprint density at radius 1 is 1.06 bits per heavy atom. The largest absolute Gasteiger partial charge is 0.497 e. The van der Waals surface area contributed by atoms with Crippen LogP contribution in [0.1, 0.15) is 39.2 Å². The molecule has 0 aliphatic heterocycles. The van der Waals surface area contributed by atoms with Crippen molar-refractivity contribution in [1.82, 2.24) is 10.2 Å². The van der Waals surface area contributed by atoms with E-state index in [0.717, 1.165) is 12.0 Å². The second kappa shape index (κ2) is 11.9. The van der Waals surface area contributed by atoms with Crippen LogP contribution in [0.2, 0.25) is 0 Å². The van der Waals surface area contributed by atoms with Gasteiger partial charge in [-0.15, -0.1) is 0 Å². The first-order chi connectivity index (χ1) is 14.9. The average molecular weight is 431 g/mol. The van der Waals surface area contributed by atoms with Crippen LogP contribution in [0.4, 0.5) is 4.39 Å². The minimum atomic E-state index is -0.649. The summed E-state index contributed by atoms with van der Waals surface area (Å²) in [6.45, 7) is 5.75. The van der Waals surface area contributed by atoms with Crippen molar-refractivity contribution in [2.24, 2.45) is 0 Å². The predicted molar refractivity (Wildman–Crippen MR) is 117 cm³/mol. The maximum absolute atomic E-state index is 13.1. The molecule has 0 radical (unpaired) electrons. The van der Waals surface area contributed by atoms with Gasteiger partial charge in [-0.2, -0.15) is 0 Å². The van der Waals surface area contributed by atoms with Crippen molar-refractivity contribution in [2.75, 3.05) is 13.7 Å². The topological polar surface area (TPSA) is 67.9 Å². The van der Waals surface area contributed by atoms with E-state index in [-0.39, 0.29) is 36.8 Å². The molecule has 31 heavy (non-hydrogen) atoms. The van der Waals surface area contributed by atoms with E-state index in [0.29, 0.717) is 17.9 Å². The lowest BCUT2D eigenvalue weighted by Gasteiger charge is -2.31. The van der Waals surface area contributed by atoms with Gasteiger partial charge in [0.15, 0.2) is 6.61 Å². The quantitative estimate of drug-likeness (QED) is 0.586. The van der Waals surface area contributed by atoms with Crippen molar-refractivity contribution in [2.45, 2.75) is 52.2 Å². The zero-order chi connectivity index (χ0) is 22.8. The fourth-order valence-corrected chi connectivity index (χ4v) is 3.09. The van der Waals surface area contributed by atoms with Crippen molar-refractivity contribution in [1.29, 1.82) is 0 Å². The molecule has 0 saturated heterocycles. The Hall–Kier alpha value is -3.09. The smallest absolute Gasteiger partial charge is 0.261 e. The molecule has 0 fully saturated rings. The maximum atomic E-state index is 13.1. The Bertz CT molecular complexity index is 857. The van der Waals surface area contributed by atoms with Gasteiger partial charge in [0.25, 0.3) is 5.91 Å². The lowest BCUT2D eigenvalue weighted by Crippen LogP contribution is -2.51. The van der Waals surface area contributed by atoms with E-state index in [4.69, 9.17) is 9.47 Å². The molecule has 2 atom stereocenters. The van der Waals surface area contributed by atoms with Crippen LogP contribution in [0.25, 0.3) is 0 Å². The number of nitrogens with one attached hydrogen (secondary N) is 1. The van der Waals surface area contributed by atoms with Gasteiger partial charge in [0, 0.05) is 12.6 Å². The number of halogens is 1. The molecular weight excluding hydrogens is 399 g/mol. The average Bonchev–Trinajstić information content (AvgIpc) is 2.78. The number of amides is 2. The van der Waals surface area contributed by atoms with E-state index in [2.05, 4.69) is 5.32 Å². The summed E-state index contributed by atoms with van der Waals surface area (Å²) < 4.78 is 23.9. The highest BCUT2D eigenvalue weighted by atomic mass is 19.1. The number of ether oxygens (including phenoxy) is 2. The number of carbonyl (C=O) groups excluding carboxylic acids is 2. The molecule has 0 bridgehead atoms. The normalized spacial score (nSPS) is 12.5. The van der Waals surface area contributed by atoms with Crippen LogP contribution in [0.5, 0.6) is 11.5 Å². The summed E-state index contributed by atoms with van der Waals surface area (Å²) in [5.74, 6) is 0.136. The molecule has 0 aliphatic rings. The van der Waals surface area contributed by atoms with E-state index in [1.807, 2.05) is 45.0 Å². The van der Waals surface area contributed by atoms with Crippen molar-refractivity contribution in [3.8, 4) is 11.5 Å². The van der Waals surface area contributed by atoms with Gasteiger partial charge in [-0.25, -0.2) is 4.39 Å². The molecule has 2 unspecified atom stereocenters. The molecule has 0 heterocycles. The summed E-state index contributed by atoms with van der Waals surface area (Å²) in [4.78, 5) is 27.5. The van der Waals surface area contributed by atoms with Gasteiger partial charge in [-0.05, 0) is 61.7 Å².